The van der Waals surface area contributed by atoms with Gasteiger partial charge in [-0.05, 0) is 41.0 Å². The van der Waals surface area contributed by atoms with Gasteiger partial charge in [0, 0.05) is 19.1 Å². The summed E-state index contributed by atoms with van der Waals surface area (Å²) in [6.45, 7) is 4.27. The van der Waals surface area contributed by atoms with Crippen molar-refractivity contribution in [2.45, 2.75) is 25.9 Å². The van der Waals surface area contributed by atoms with Crippen LogP contribution in [0.2, 0.25) is 0 Å². The highest BCUT2D eigenvalue weighted by molar-refractivity contribution is 5.84. The first-order valence-electron chi connectivity index (χ1n) is 6.88. The number of phenols is 1. The van der Waals surface area contributed by atoms with Gasteiger partial charge in [0.15, 0.2) is 0 Å². The van der Waals surface area contributed by atoms with Gasteiger partial charge in [-0.3, -0.25) is 4.90 Å². The summed E-state index contributed by atoms with van der Waals surface area (Å²) >= 11 is 0. The average Bonchev–Trinajstić information content (AvgIpc) is 2.86. The van der Waals surface area contributed by atoms with Crippen LogP contribution in [0.1, 0.15) is 18.9 Å². The van der Waals surface area contributed by atoms with Crippen LogP contribution in [0.15, 0.2) is 48.6 Å². The molecule has 0 radical (unpaired) electrons. The summed E-state index contributed by atoms with van der Waals surface area (Å²) in [6.07, 6.45) is 5.73. The lowest BCUT2D eigenvalue weighted by Crippen LogP contribution is -2.28. The van der Waals surface area contributed by atoms with E-state index < -0.39 is 0 Å². The maximum atomic E-state index is 9.48. The number of nitrogens with zero attached hydrogens (tertiary/aromatic N) is 1. The van der Waals surface area contributed by atoms with E-state index in [-0.39, 0.29) is 0 Å². The molecule has 1 N–H and O–H groups in total. The molecule has 0 aliphatic carbocycles. The lowest BCUT2D eigenvalue weighted by molar-refractivity contribution is 0.258. The van der Waals surface area contributed by atoms with Gasteiger partial charge in [-0.1, -0.05) is 37.3 Å². The van der Waals surface area contributed by atoms with Crippen LogP contribution in [0, 0.1) is 0 Å². The second-order valence-corrected chi connectivity index (χ2v) is 5.20. The number of benzene rings is 2. The highest BCUT2D eigenvalue weighted by atomic mass is 16.3. The second-order valence-electron chi connectivity index (χ2n) is 5.20. The van der Waals surface area contributed by atoms with Crippen LogP contribution in [0.4, 0.5) is 0 Å². The van der Waals surface area contributed by atoms with Crippen molar-refractivity contribution in [3.05, 3.63) is 54.1 Å². The van der Waals surface area contributed by atoms with Crippen LogP contribution < -0.4 is 0 Å². The van der Waals surface area contributed by atoms with Crippen molar-refractivity contribution in [1.82, 2.24) is 4.90 Å². The Bertz CT molecular complexity index is 618. The maximum Gasteiger partial charge on any atom is 0.116 e. The van der Waals surface area contributed by atoms with Crippen molar-refractivity contribution in [3.63, 3.8) is 0 Å². The van der Waals surface area contributed by atoms with E-state index in [2.05, 4.69) is 42.2 Å². The lowest BCUT2D eigenvalue weighted by atomic mass is 10.1. The molecule has 0 spiro atoms. The molecule has 0 aromatic heterocycles. The molecule has 2 aromatic rings. The summed E-state index contributed by atoms with van der Waals surface area (Å²) in [5.41, 5.74) is 1.33. The van der Waals surface area contributed by atoms with Crippen molar-refractivity contribution in [1.29, 1.82) is 0 Å². The Labute approximate surface area is 114 Å². The van der Waals surface area contributed by atoms with Gasteiger partial charge in [0.05, 0.1) is 0 Å². The first-order chi connectivity index (χ1) is 9.26. The minimum Gasteiger partial charge on any atom is -0.508 e. The van der Waals surface area contributed by atoms with E-state index >= 15 is 0 Å². The topological polar surface area (TPSA) is 23.5 Å². The molecule has 0 fully saturated rings. The van der Waals surface area contributed by atoms with Crippen LogP contribution in [0.3, 0.4) is 0 Å². The number of hydrogen-bond acceptors (Lipinski definition) is 2. The largest absolute Gasteiger partial charge is 0.508 e. The van der Waals surface area contributed by atoms with Gasteiger partial charge >= 0.3 is 0 Å². The summed E-state index contributed by atoms with van der Waals surface area (Å²) in [7, 11) is 0. The van der Waals surface area contributed by atoms with Gasteiger partial charge in [-0.15, -0.1) is 0 Å². The van der Waals surface area contributed by atoms with Crippen LogP contribution in [0.5, 0.6) is 5.75 Å². The Morgan fingerprint density at radius 2 is 1.95 bits per heavy atom. The Morgan fingerprint density at radius 3 is 2.79 bits per heavy atom. The quantitative estimate of drug-likeness (QED) is 0.843. The van der Waals surface area contributed by atoms with E-state index in [0.717, 1.165) is 24.9 Å². The zero-order chi connectivity index (χ0) is 13.2. The van der Waals surface area contributed by atoms with Gasteiger partial charge < -0.3 is 5.11 Å². The third-order valence-electron chi connectivity index (χ3n) is 3.86. The van der Waals surface area contributed by atoms with Gasteiger partial charge in [0.1, 0.15) is 5.75 Å². The van der Waals surface area contributed by atoms with E-state index in [1.54, 1.807) is 6.07 Å². The fraction of sp³-hybridized carbons (Fsp3) is 0.294. The van der Waals surface area contributed by atoms with E-state index in [9.17, 15) is 5.11 Å². The van der Waals surface area contributed by atoms with Crippen LogP contribution >= 0.6 is 0 Å². The van der Waals surface area contributed by atoms with Crippen LogP contribution in [0.25, 0.3) is 10.8 Å². The van der Waals surface area contributed by atoms with E-state index in [4.69, 9.17) is 0 Å². The first-order valence-corrected chi connectivity index (χ1v) is 6.88. The molecular weight excluding hydrogens is 234 g/mol. The number of aromatic hydroxyl groups is 1. The smallest absolute Gasteiger partial charge is 0.116 e. The molecule has 1 heterocycles. The fourth-order valence-electron chi connectivity index (χ4n) is 2.80. The number of fused-ring (bicyclic) bond motifs is 1. The molecule has 0 saturated heterocycles. The predicted octanol–water partition coefficient (Wildman–Crippen LogP) is 3.70. The van der Waals surface area contributed by atoms with Crippen molar-refractivity contribution < 1.29 is 5.11 Å². The molecule has 2 aromatic carbocycles. The molecule has 1 atom stereocenters. The number of rotatable bonds is 3. The van der Waals surface area contributed by atoms with Crippen LogP contribution in [-0.2, 0) is 6.54 Å². The predicted molar refractivity (Wildman–Crippen MR) is 79.2 cm³/mol. The van der Waals surface area contributed by atoms with Crippen molar-refractivity contribution in [3.8, 4) is 5.75 Å². The van der Waals surface area contributed by atoms with Gasteiger partial charge in [0.2, 0.25) is 0 Å². The van der Waals surface area contributed by atoms with Gasteiger partial charge in [0.25, 0.3) is 0 Å². The molecule has 0 saturated carbocycles. The third kappa shape index (κ3) is 2.49. The Balaban J connectivity index is 1.84. The van der Waals surface area contributed by atoms with Gasteiger partial charge in [-0.2, -0.15) is 0 Å². The van der Waals surface area contributed by atoms with E-state index in [1.807, 2.05) is 12.1 Å². The molecule has 0 bridgehead atoms. The van der Waals surface area contributed by atoms with Crippen LogP contribution in [-0.4, -0.2) is 22.6 Å². The summed E-state index contributed by atoms with van der Waals surface area (Å²) < 4.78 is 0. The molecule has 2 heteroatoms. The summed E-state index contributed by atoms with van der Waals surface area (Å²) in [5, 5.41) is 11.8. The molecule has 1 aliphatic rings. The first kappa shape index (κ1) is 12.2. The summed E-state index contributed by atoms with van der Waals surface area (Å²) in [6, 6.07) is 12.6. The van der Waals surface area contributed by atoms with Crippen molar-refractivity contribution in [2.75, 3.05) is 6.54 Å². The second kappa shape index (κ2) is 5.06. The Hall–Kier alpha value is -1.80. The molecular formula is C17H19NO. The lowest BCUT2D eigenvalue weighted by Gasteiger charge is -2.23. The standard InChI is InChI=1S/C17H19NO/c1-2-16-4-3-9-18(16)12-13-5-6-15-11-17(19)8-7-14(15)10-13/h3-8,10-11,16,19H,2,9,12H2,1H3. The van der Waals surface area contributed by atoms with Crippen molar-refractivity contribution >= 4 is 10.8 Å². The number of hydrogen-bond donors (Lipinski definition) is 1. The van der Waals surface area contributed by atoms with E-state index in [1.165, 1.54) is 10.9 Å². The molecule has 98 valence electrons. The maximum absolute atomic E-state index is 9.48. The molecule has 19 heavy (non-hydrogen) atoms. The normalized spacial score (nSPS) is 19.3. The highest BCUT2D eigenvalue weighted by Crippen LogP contribution is 2.23. The van der Waals surface area contributed by atoms with E-state index in [0.29, 0.717) is 11.8 Å². The fourth-order valence-corrected chi connectivity index (χ4v) is 2.80. The van der Waals surface area contributed by atoms with Crippen molar-refractivity contribution in [2.24, 2.45) is 0 Å². The molecule has 0 amide bonds. The minimum atomic E-state index is 0.329. The summed E-state index contributed by atoms with van der Waals surface area (Å²) in [4.78, 5) is 2.49. The third-order valence-corrected chi connectivity index (χ3v) is 3.86. The Kier molecular flexibility index (Phi) is 3.26. The monoisotopic (exact) mass is 253 g/mol. The zero-order valence-electron chi connectivity index (χ0n) is 11.2. The molecule has 1 unspecified atom stereocenters. The minimum absolute atomic E-state index is 0.329. The average molecular weight is 253 g/mol. The highest BCUT2D eigenvalue weighted by Gasteiger charge is 2.17. The zero-order valence-corrected chi connectivity index (χ0v) is 11.2. The number of phenolic OH excluding ortho intramolecular Hbond substituents is 1. The molecule has 3 rings (SSSR count). The van der Waals surface area contributed by atoms with Gasteiger partial charge in [-0.25, -0.2) is 0 Å². The molecule has 2 nitrogen and oxygen atoms in total. The summed E-state index contributed by atoms with van der Waals surface area (Å²) in [5.74, 6) is 0.329. The Morgan fingerprint density at radius 1 is 1.16 bits per heavy atom. The molecule has 1 aliphatic heterocycles. The SMILES string of the molecule is CCC1C=CCN1Cc1ccc2cc(O)ccc2c1.